The van der Waals surface area contributed by atoms with Gasteiger partial charge in [-0.25, -0.2) is 0 Å². The SMILES string of the molecule is CC1=C(CN2C=[C-]C2)CCc2cc(OCc3ccc(CC(C)C)nc3)ccc21.[Na+]. The fraction of sp³-hybridized carbons (Fsp3) is 0.400. The summed E-state index contributed by atoms with van der Waals surface area (Å²) in [6, 6.07) is 10.8. The third-order valence-corrected chi connectivity index (χ3v) is 5.58. The van der Waals surface area contributed by atoms with E-state index in [1.54, 1.807) is 5.57 Å². The second-order valence-corrected chi connectivity index (χ2v) is 8.33. The van der Waals surface area contributed by atoms with Gasteiger partial charge in [-0.2, -0.15) is 6.20 Å². The summed E-state index contributed by atoms with van der Waals surface area (Å²) in [6.07, 6.45) is 10.4. The number of pyridine rings is 1. The molecule has 0 fully saturated rings. The molecule has 4 heteroatoms. The molecule has 4 rings (SSSR count). The summed E-state index contributed by atoms with van der Waals surface area (Å²) < 4.78 is 6.05. The van der Waals surface area contributed by atoms with E-state index in [9.17, 15) is 0 Å². The summed E-state index contributed by atoms with van der Waals surface area (Å²) in [7, 11) is 0. The average molecular weight is 397 g/mol. The first-order valence-corrected chi connectivity index (χ1v) is 10.3. The summed E-state index contributed by atoms with van der Waals surface area (Å²) in [4.78, 5) is 6.88. The van der Waals surface area contributed by atoms with Crippen LogP contribution < -0.4 is 34.3 Å². The Hall–Kier alpha value is -1.55. The predicted molar refractivity (Wildman–Crippen MR) is 114 cm³/mol. The van der Waals surface area contributed by atoms with Crippen LogP contribution in [0.1, 0.15) is 49.6 Å². The molecule has 0 atom stereocenters. The van der Waals surface area contributed by atoms with Gasteiger partial charge < -0.3 is 15.7 Å². The molecule has 0 spiro atoms. The van der Waals surface area contributed by atoms with E-state index in [0.717, 1.165) is 49.4 Å². The fourth-order valence-electron chi connectivity index (χ4n) is 3.91. The molecule has 0 N–H and O–H groups in total. The first-order valence-electron chi connectivity index (χ1n) is 10.3. The maximum atomic E-state index is 6.05. The molecule has 29 heavy (non-hydrogen) atoms. The van der Waals surface area contributed by atoms with E-state index in [-0.39, 0.29) is 29.6 Å². The Balaban J connectivity index is 0.00000240. The maximum absolute atomic E-state index is 6.05. The van der Waals surface area contributed by atoms with E-state index < -0.39 is 0 Å². The number of benzene rings is 1. The van der Waals surface area contributed by atoms with Crippen molar-refractivity contribution >= 4 is 5.57 Å². The van der Waals surface area contributed by atoms with Gasteiger partial charge >= 0.3 is 29.6 Å². The van der Waals surface area contributed by atoms with E-state index >= 15 is 0 Å². The van der Waals surface area contributed by atoms with Crippen molar-refractivity contribution in [3.63, 3.8) is 0 Å². The van der Waals surface area contributed by atoms with Crippen LogP contribution in [0.15, 0.2) is 48.3 Å². The van der Waals surface area contributed by atoms with Gasteiger partial charge in [-0.1, -0.05) is 26.0 Å². The minimum atomic E-state index is 0. The molecule has 2 heterocycles. The molecule has 0 unspecified atom stereocenters. The Bertz CT molecular complexity index is 900. The number of hydrogen-bond acceptors (Lipinski definition) is 3. The number of aromatic nitrogens is 1. The molecule has 0 saturated carbocycles. The normalized spacial score (nSPS) is 15.1. The van der Waals surface area contributed by atoms with Crippen molar-refractivity contribution in [2.24, 2.45) is 5.92 Å². The second kappa shape index (κ2) is 9.97. The zero-order valence-corrected chi connectivity index (χ0v) is 20.2. The van der Waals surface area contributed by atoms with Crippen molar-refractivity contribution in [1.82, 2.24) is 9.88 Å². The zero-order valence-electron chi connectivity index (χ0n) is 18.2. The molecule has 0 amide bonds. The van der Waals surface area contributed by atoms with Crippen molar-refractivity contribution in [2.45, 2.75) is 46.6 Å². The van der Waals surface area contributed by atoms with E-state index in [0.29, 0.717) is 12.5 Å². The van der Waals surface area contributed by atoms with Crippen LogP contribution >= 0.6 is 0 Å². The van der Waals surface area contributed by atoms with Crippen LogP contribution in [0.3, 0.4) is 0 Å². The van der Waals surface area contributed by atoms with E-state index in [1.807, 2.05) is 6.20 Å². The molecule has 1 aromatic heterocycles. The average Bonchev–Trinajstić information content (AvgIpc) is 2.65. The van der Waals surface area contributed by atoms with Gasteiger partial charge in [0.2, 0.25) is 0 Å². The van der Waals surface area contributed by atoms with E-state index in [4.69, 9.17) is 4.74 Å². The maximum Gasteiger partial charge on any atom is 1.00 e. The van der Waals surface area contributed by atoms with Crippen LogP contribution in [0.4, 0.5) is 0 Å². The van der Waals surface area contributed by atoms with Crippen LogP contribution in [0, 0.1) is 12.0 Å². The Labute approximate surface area is 197 Å². The smallest absolute Gasteiger partial charge is 0.489 e. The fourth-order valence-corrected chi connectivity index (χ4v) is 3.91. The number of ether oxygens (including phenoxy) is 1. The number of hydrogen-bond donors (Lipinski definition) is 0. The standard InChI is InChI=1S/C25H29N2O.Na/c1-18(2)13-23-8-5-20(15-26-23)17-28-24-9-10-25-19(3)22(7-6-21(25)14-24)16-27-11-4-12-27;/h5,8-11,14-15,18H,6-7,12-13,16-17H2,1-3H3;/q-1;+1. The van der Waals surface area contributed by atoms with Gasteiger partial charge in [-0.3, -0.25) is 4.98 Å². The Morgan fingerprint density at radius 2 is 2.00 bits per heavy atom. The summed E-state index contributed by atoms with van der Waals surface area (Å²) >= 11 is 0. The monoisotopic (exact) mass is 396 g/mol. The van der Waals surface area contributed by atoms with E-state index in [1.165, 1.54) is 16.7 Å². The van der Waals surface area contributed by atoms with Gasteiger partial charge in [-0.15, -0.1) is 6.54 Å². The largest absolute Gasteiger partial charge is 1.00 e. The number of nitrogens with zero attached hydrogens (tertiary/aromatic N) is 2. The second-order valence-electron chi connectivity index (χ2n) is 8.33. The molecular weight excluding hydrogens is 367 g/mol. The third-order valence-electron chi connectivity index (χ3n) is 5.58. The molecule has 0 bridgehead atoms. The van der Waals surface area contributed by atoms with Gasteiger partial charge in [0, 0.05) is 24.0 Å². The van der Waals surface area contributed by atoms with Crippen LogP contribution in [0.2, 0.25) is 0 Å². The number of rotatable bonds is 7. The van der Waals surface area contributed by atoms with Crippen molar-refractivity contribution in [2.75, 3.05) is 13.1 Å². The Morgan fingerprint density at radius 3 is 2.66 bits per heavy atom. The van der Waals surface area contributed by atoms with Crippen molar-refractivity contribution in [3.05, 3.63) is 76.8 Å². The molecule has 0 saturated heterocycles. The molecule has 146 valence electrons. The van der Waals surface area contributed by atoms with E-state index in [2.05, 4.69) is 73.3 Å². The summed E-state index contributed by atoms with van der Waals surface area (Å²) in [5.74, 6) is 1.57. The van der Waals surface area contributed by atoms with Gasteiger partial charge in [-0.05, 0) is 72.6 Å². The zero-order chi connectivity index (χ0) is 19.5. The van der Waals surface area contributed by atoms with Crippen LogP contribution in [0.25, 0.3) is 5.57 Å². The Kier molecular flexibility index (Phi) is 7.61. The first-order chi connectivity index (χ1) is 13.6. The van der Waals surface area contributed by atoms with Gasteiger partial charge in [0.25, 0.3) is 0 Å². The minimum Gasteiger partial charge on any atom is -0.489 e. The number of allylic oxidation sites excluding steroid dienone is 1. The van der Waals surface area contributed by atoms with Crippen LogP contribution in [-0.2, 0) is 19.4 Å². The summed E-state index contributed by atoms with van der Waals surface area (Å²) in [6.45, 7) is 9.25. The van der Waals surface area contributed by atoms with Crippen molar-refractivity contribution in [3.8, 4) is 5.75 Å². The van der Waals surface area contributed by atoms with Crippen LogP contribution in [0.5, 0.6) is 5.75 Å². The molecule has 1 aliphatic carbocycles. The van der Waals surface area contributed by atoms with Gasteiger partial charge in [0.1, 0.15) is 12.4 Å². The predicted octanol–water partition coefficient (Wildman–Crippen LogP) is 2.22. The van der Waals surface area contributed by atoms with Gasteiger partial charge in [0.15, 0.2) is 0 Å². The molecule has 1 aliphatic heterocycles. The number of fused-ring (bicyclic) bond motifs is 1. The van der Waals surface area contributed by atoms with Crippen molar-refractivity contribution < 1.29 is 34.3 Å². The minimum absolute atomic E-state index is 0. The summed E-state index contributed by atoms with van der Waals surface area (Å²) in [5.41, 5.74) is 8.02. The first kappa shape index (κ1) is 22.1. The van der Waals surface area contributed by atoms with Crippen molar-refractivity contribution in [1.29, 1.82) is 0 Å². The number of aryl methyl sites for hydroxylation is 1. The third kappa shape index (κ3) is 5.53. The molecule has 3 nitrogen and oxygen atoms in total. The molecule has 0 radical (unpaired) electrons. The summed E-state index contributed by atoms with van der Waals surface area (Å²) in [5, 5.41) is 0. The van der Waals surface area contributed by atoms with Crippen LogP contribution in [-0.4, -0.2) is 23.0 Å². The molecule has 1 aromatic carbocycles. The molecule has 2 aliphatic rings. The Morgan fingerprint density at radius 1 is 1.17 bits per heavy atom. The van der Waals surface area contributed by atoms with Gasteiger partial charge in [0.05, 0.1) is 0 Å². The topological polar surface area (TPSA) is 25.4 Å². The quantitative estimate of drug-likeness (QED) is 0.530. The molecular formula is C25H29N2NaO. The molecule has 2 aromatic rings.